The molecule has 0 aromatic carbocycles. The van der Waals surface area contributed by atoms with Crippen molar-refractivity contribution in [1.82, 2.24) is 0 Å². The molecule has 0 unspecified atom stereocenters. The molecular formula is CH2FeN2. The zero-order chi connectivity index (χ0) is 3.41. The van der Waals surface area contributed by atoms with Gasteiger partial charge in [0.1, 0.15) is 0 Å². The van der Waals surface area contributed by atoms with Crippen molar-refractivity contribution in [2.24, 2.45) is 4.75 Å². The Labute approximate surface area is 31.0 Å². The standard InChI is InChI=1S/CN.Fe.H2N/c1-2;;/h;;1H2/q;+1;-1. The van der Waals surface area contributed by atoms with Crippen LogP contribution in [0.3, 0.4) is 0 Å². The third-order valence-corrected chi connectivity index (χ3v) is 0.188. The van der Waals surface area contributed by atoms with E-state index in [0.717, 1.165) is 0 Å². The Morgan fingerprint density at radius 3 is 2.25 bits per heavy atom. The van der Waals surface area contributed by atoms with Gasteiger partial charge in [0.15, 0.2) is 0 Å². The van der Waals surface area contributed by atoms with Crippen LogP contribution in [0.2, 0.25) is 0 Å². The van der Waals surface area contributed by atoms with Gasteiger partial charge in [-0.05, 0) is 0 Å². The van der Waals surface area contributed by atoms with E-state index in [1.807, 2.05) is 0 Å². The van der Waals surface area contributed by atoms with Gasteiger partial charge in [-0.3, -0.25) is 0 Å². The van der Waals surface area contributed by atoms with E-state index in [4.69, 9.17) is 5.26 Å². The molecule has 0 atom stereocenters. The minimum atomic E-state index is 0.125. The molecule has 0 saturated carbocycles. The van der Waals surface area contributed by atoms with Crippen molar-refractivity contribution in [1.29, 1.82) is 5.26 Å². The van der Waals surface area contributed by atoms with Crippen molar-refractivity contribution in [3.63, 3.8) is 0 Å². The molecule has 0 rings (SSSR count). The van der Waals surface area contributed by atoms with Crippen LogP contribution in [0.4, 0.5) is 0 Å². The fourth-order valence-electron chi connectivity index (χ4n) is 0. The average molecular weight is 97.9 g/mol. The summed E-state index contributed by atoms with van der Waals surface area (Å²) >= 11 is 0.125. The summed E-state index contributed by atoms with van der Waals surface area (Å²) in [5, 5.41) is 7.50. The van der Waals surface area contributed by atoms with Crippen molar-refractivity contribution >= 4 is 0 Å². The van der Waals surface area contributed by atoms with Crippen LogP contribution >= 0.6 is 0 Å². The summed E-state index contributed by atoms with van der Waals surface area (Å²) in [6, 6.07) is 0. The van der Waals surface area contributed by atoms with Gasteiger partial charge in [-0.2, -0.15) is 0 Å². The Morgan fingerprint density at radius 1 is 2.00 bits per heavy atom. The van der Waals surface area contributed by atoms with Gasteiger partial charge in [-0.25, -0.2) is 0 Å². The fraction of sp³-hybridized carbons (Fsp3) is 0. The van der Waals surface area contributed by atoms with E-state index >= 15 is 0 Å². The van der Waals surface area contributed by atoms with E-state index in [2.05, 4.69) is 4.75 Å². The first-order valence-electron chi connectivity index (χ1n) is 0.605. The summed E-state index contributed by atoms with van der Waals surface area (Å²) in [4.78, 5) is 1.71. The van der Waals surface area contributed by atoms with Gasteiger partial charge in [0.25, 0.3) is 0 Å². The summed E-state index contributed by atoms with van der Waals surface area (Å²) in [6.07, 6.45) is 0. The number of rotatable bonds is 0. The summed E-state index contributed by atoms with van der Waals surface area (Å²) in [7, 11) is 0. The molecule has 0 fully saturated rings. The summed E-state index contributed by atoms with van der Waals surface area (Å²) < 4.78 is 4.67. The SMILES string of the molecule is N#[C][Fe][NH2]. The summed E-state index contributed by atoms with van der Waals surface area (Å²) in [5.41, 5.74) is 0. The molecule has 0 saturated heterocycles. The van der Waals surface area contributed by atoms with Crippen LogP contribution in [0, 0.1) is 10.2 Å². The summed E-state index contributed by atoms with van der Waals surface area (Å²) in [6.45, 7) is 0. The van der Waals surface area contributed by atoms with Crippen molar-refractivity contribution in [3.05, 3.63) is 0 Å². The third kappa shape index (κ3) is 1.97. The molecule has 24 valence electrons. The molecule has 0 aliphatic carbocycles. The normalized spacial score (nSPS) is 6.00. The second-order valence-corrected chi connectivity index (χ2v) is 0.747. The van der Waals surface area contributed by atoms with Crippen molar-refractivity contribution in [2.45, 2.75) is 0 Å². The second kappa shape index (κ2) is 2.97. The number of hydrogen-bond acceptors (Lipinski definition) is 2. The molecule has 0 aromatic rings. The monoisotopic (exact) mass is 98.0 g/mol. The molecule has 0 radical (unpaired) electrons. The molecule has 0 amide bonds. The van der Waals surface area contributed by atoms with Gasteiger partial charge in [0.05, 0.1) is 0 Å². The fourth-order valence-corrected chi connectivity index (χ4v) is 0. The average Bonchev–Trinajstić information content (AvgIpc) is 1.37. The number of nitrogens with zero attached hydrogens (tertiary/aromatic N) is 1. The van der Waals surface area contributed by atoms with Crippen LogP contribution in [-0.4, -0.2) is 0 Å². The molecule has 4 heavy (non-hydrogen) atoms. The van der Waals surface area contributed by atoms with Gasteiger partial charge in [0.2, 0.25) is 0 Å². The molecule has 0 bridgehead atoms. The van der Waals surface area contributed by atoms with Gasteiger partial charge in [0, 0.05) is 0 Å². The van der Waals surface area contributed by atoms with E-state index in [1.54, 1.807) is 4.97 Å². The van der Waals surface area contributed by atoms with Crippen molar-refractivity contribution in [2.75, 3.05) is 0 Å². The van der Waals surface area contributed by atoms with Gasteiger partial charge in [-0.1, -0.05) is 0 Å². The molecule has 0 heterocycles. The molecule has 2 nitrogen and oxygen atoms in total. The predicted octanol–water partition coefficient (Wildman–Crippen LogP) is -0.576. The van der Waals surface area contributed by atoms with Crippen LogP contribution in [0.25, 0.3) is 0 Å². The third-order valence-electron chi connectivity index (χ3n) is 0.0456. The van der Waals surface area contributed by atoms with E-state index in [-0.39, 0.29) is 15.2 Å². The maximum atomic E-state index is 7.50. The maximum absolute atomic E-state index is 7.50. The first-order chi connectivity index (χ1) is 1.91. The van der Waals surface area contributed by atoms with Crippen LogP contribution in [0.5, 0.6) is 0 Å². The van der Waals surface area contributed by atoms with E-state index < -0.39 is 0 Å². The Hall–Kier alpha value is -0.0305. The summed E-state index contributed by atoms with van der Waals surface area (Å²) in [5.74, 6) is 0. The van der Waals surface area contributed by atoms with Crippen molar-refractivity contribution < 1.29 is 15.2 Å². The first-order valence-corrected chi connectivity index (χ1v) is 1.79. The first kappa shape index (κ1) is 3.97. The number of nitriles is 1. The van der Waals surface area contributed by atoms with Crippen LogP contribution in [0.1, 0.15) is 0 Å². The van der Waals surface area contributed by atoms with Crippen molar-refractivity contribution in [3.8, 4) is 4.97 Å². The molecule has 0 spiro atoms. The molecule has 3 heteroatoms. The van der Waals surface area contributed by atoms with E-state index in [1.165, 1.54) is 0 Å². The molecular weight excluding hydrogens is 95.9 g/mol. The minimum absolute atomic E-state index is 0.125. The predicted molar refractivity (Wildman–Crippen MR) is 9.80 cm³/mol. The Bertz CT molecular complexity index is 35.8. The number of hydrogen-bond donors (Lipinski definition) is 1. The zero-order valence-corrected chi connectivity index (χ0v) is 2.98. The van der Waals surface area contributed by atoms with Crippen LogP contribution in [0.15, 0.2) is 0 Å². The molecule has 2 N–H and O–H groups in total. The Morgan fingerprint density at radius 2 is 2.25 bits per heavy atom. The Kier molecular flexibility index (Phi) is 2.95. The molecule has 0 aliphatic heterocycles. The van der Waals surface area contributed by atoms with Crippen LogP contribution < -0.4 is 4.75 Å². The van der Waals surface area contributed by atoms with Gasteiger partial charge < -0.3 is 0 Å². The number of nitrogens with two attached hydrogens (primary N) is 1. The molecule has 0 aliphatic rings. The zero-order valence-electron chi connectivity index (χ0n) is 1.88. The Balaban J connectivity index is 2.43. The van der Waals surface area contributed by atoms with Crippen LogP contribution in [-0.2, 0) is 15.2 Å². The van der Waals surface area contributed by atoms with Gasteiger partial charge in [-0.15, -0.1) is 0 Å². The molecule has 0 aromatic heterocycles. The topological polar surface area (TPSA) is 49.8 Å². The second-order valence-electron chi connectivity index (χ2n) is 0.181. The van der Waals surface area contributed by atoms with E-state index in [0.29, 0.717) is 0 Å². The quantitative estimate of drug-likeness (QED) is 0.412. The van der Waals surface area contributed by atoms with E-state index in [9.17, 15) is 0 Å². The van der Waals surface area contributed by atoms with Gasteiger partial charge >= 0.3 is 30.2 Å².